The molecule has 0 bridgehead atoms. The van der Waals surface area contributed by atoms with Crippen molar-refractivity contribution < 1.29 is 17.7 Å². The van der Waals surface area contributed by atoms with Crippen LogP contribution in [0.2, 0.25) is 0 Å². The summed E-state index contributed by atoms with van der Waals surface area (Å²) in [6, 6.07) is 7.74. The van der Waals surface area contributed by atoms with Crippen molar-refractivity contribution in [2.24, 2.45) is 16.2 Å². The number of hydrogen-bond donors (Lipinski definition) is 1. The summed E-state index contributed by atoms with van der Waals surface area (Å²) >= 11 is 0. The molecule has 2 aliphatic rings. The smallest absolute Gasteiger partial charge is 0.184 e. The van der Waals surface area contributed by atoms with Gasteiger partial charge in [-0.2, -0.15) is 21.0 Å². The van der Waals surface area contributed by atoms with E-state index in [0.29, 0.717) is 12.8 Å². The van der Waals surface area contributed by atoms with E-state index in [-0.39, 0.29) is 12.4 Å². The molecule has 1 aliphatic carbocycles. The third-order valence-corrected chi connectivity index (χ3v) is 4.16. The van der Waals surface area contributed by atoms with Gasteiger partial charge in [-0.05, 0) is 0 Å². The number of rotatable bonds is 0. The number of halogens is 1. The van der Waals surface area contributed by atoms with E-state index in [1.54, 1.807) is 0 Å². The summed E-state index contributed by atoms with van der Waals surface area (Å²) in [5, 5.41) is 38.8. The van der Waals surface area contributed by atoms with Crippen LogP contribution in [0.15, 0.2) is 0 Å². The molecule has 0 aromatic rings. The zero-order chi connectivity index (χ0) is 11.9. The van der Waals surface area contributed by atoms with Crippen LogP contribution in [0.25, 0.3) is 0 Å². The predicted molar refractivity (Wildman–Crippen MR) is 50.6 cm³/mol. The lowest BCUT2D eigenvalue weighted by atomic mass is 9.84. The van der Waals surface area contributed by atoms with Crippen LogP contribution in [0, 0.1) is 61.6 Å². The van der Waals surface area contributed by atoms with Gasteiger partial charge in [-0.25, -0.2) is 0 Å². The third kappa shape index (κ3) is 1.04. The molecule has 0 amide bonds. The third-order valence-electron chi connectivity index (χ3n) is 4.16. The van der Waals surface area contributed by atoms with Crippen molar-refractivity contribution in [1.82, 2.24) is 0 Å². The fourth-order valence-corrected chi connectivity index (χ4v) is 3.22. The summed E-state index contributed by atoms with van der Waals surface area (Å²) in [5.74, 6) is 0. The SMILES string of the molecule is N#CC1(C#N)C(C#N)(C#N)C12CC[NH2+]CC2.[Cl-]. The summed E-state index contributed by atoms with van der Waals surface area (Å²) in [5.41, 5.74) is -3.56. The topological polar surface area (TPSA) is 112 Å². The van der Waals surface area contributed by atoms with Crippen molar-refractivity contribution >= 4 is 0 Å². The molecule has 17 heavy (non-hydrogen) atoms. The molecule has 6 heteroatoms. The van der Waals surface area contributed by atoms with Crippen molar-refractivity contribution in [2.75, 3.05) is 13.1 Å². The lowest BCUT2D eigenvalue weighted by Gasteiger charge is -2.21. The van der Waals surface area contributed by atoms with Crippen molar-refractivity contribution in [3.63, 3.8) is 0 Å². The van der Waals surface area contributed by atoms with Gasteiger partial charge >= 0.3 is 0 Å². The molecule has 1 aliphatic heterocycles. The van der Waals surface area contributed by atoms with E-state index >= 15 is 0 Å². The Hall–Kier alpha value is -1.79. The minimum absolute atomic E-state index is 0. The van der Waals surface area contributed by atoms with E-state index in [9.17, 15) is 21.0 Å². The Labute approximate surface area is 106 Å². The Morgan fingerprint density at radius 2 is 1.12 bits per heavy atom. The minimum Gasteiger partial charge on any atom is -1.00 e. The maximum absolute atomic E-state index is 9.19. The van der Waals surface area contributed by atoms with Crippen LogP contribution < -0.4 is 17.7 Å². The van der Waals surface area contributed by atoms with Gasteiger partial charge in [0.15, 0.2) is 10.8 Å². The molecule has 86 valence electrons. The monoisotopic (exact) mass is 247 g/mol. The second-order valence-corrected chi connectivity index (χ2v) is 4.40. The lowest BCUT2D eigenvalue weighted by molar-refractivity contribution is -0.666. The van der Waals surface area contributed by atoms with E-state index < -0.39 is 16.2 Å². The molecule has 0 aromatic heterocycles. The summed E-state index contributed by atoms with van der Waals surface area (Å²) in [6.45, 7) is 1.55. The molecule has 1 saturated carbocycles. The summed E-state index contributed by atoms with van der Waals surface area (Å²) < 4.78 is 0. The first kappa shape index (κ1) is 13.3. The van der Waals surface area contributed by atoms with Gasteiger partial charge in [0.05, 0.1) is 42.8 Å². The van der Waals surface area contributed by atoms with Gasteiger partial charge in [0.25, 0.3) is 0 Å². The minimum atomic E-state index is -1.42. The van der Waals surface area contributed by atoms with Crippen LogP contribution in [-0.2, 0) is 0 Å². The molecule has 0 aromatic carbocycles. The Balaban J connectivity index is 0.00000144. The lowest BCUT2D eigenvalue weighted by Crippen LogP contribution is -3.00. The van der Waals surface area contributed by atoms with E-state index in [4.69, 9.17) is 0 Å². The maximum Gasteiger partial charge on any atom is 0.184 e. The highest BCUT2D eigenvalue weighted by molar-refractivity contribution is 5.56. The molecule has 5 nitrogen and oxygen atoms in total. The number of nitrogens with zero attached hydrogens (tertiary/aromatic N) is 4. The first-order chi connectivity index (χ1) is 7.70. The molecule has 1 saturated heterocycles. The van der Waals surface area contributed by atoms with Crippen LogP contribution in [-0.4, -0.2) is 13.1 Å². The quantitative estimate of drug-likeness (QED) is 0.477. The standard InChI is InChI=1S/C11H9N5.ClH/c12-5-10(6-13)9(1-3-16-4-2-9)11(10,7-14)8-15;/h16H,1-4H2;1H. The van der Waals surface area contributed by atoms with Crippen molar-refractivity contribution in [3.8, 4) is 24.3 Å². The average molecular weight is 248 g/mol. The molecule has 1 heterocycles. The number of nitriles is 4. The van der Waals surface area contributed by atoms with Gasteiger partial charge in [-0.1, -0.05) is 0 Å². The molecule has 2 N–H and O–H groups in total. The number of hydrogen-bond acceptors (Lipinski definition) is 4. The normalized spacial score (nSPS) is 25.2. The molecular formula is C11H10ClN5. The summed E-state index contributed by atoms with van der Waals surface area (Å²) in [4.78, 5) is 0. The first-order valence-corrected chi connectivity index (χ1v) is 5.17. The van der Waals surface area contributed by atoms with Crippen molar-refractivity contribution in [3.05, 3.63) is 0 Å². The molecular weight excluding hydrogens is 238 g/mol. The first-order valence-electron chi connectivity index (χ1n) is 5.17. The zero-order valence-electron chi connectivity index (χ0n) is 9.07. The Morgan fingerprint density at radius 1 is 0.765 bits per heavy atom. The Bertz CT molecular complexity index is 424. The average Bonchev–Trinajstić information content (AvgIpc) is 2.85. The van der Waals surface area contributed by atoms with E-state index in [1.165, 1.54) is 0 Å². The summed E-state index contributed by atoms with van der Waals surface area (Å²) in [7, 11) is 0. The second-order valence-electron chi connectivity index (χ2n) is 4.40. The van der Waals surface area contributed by atoms with Crippen molar-refractivity contribution in [1.29, 1.82) is 21.0 Å². The van der Waals surface area contributed by atoms with Crippen LogP contribution in [0.1, 0.15) is 12.8 Å². The number of nitrogens with two attached hydrogens (primary N) is 1. The van der Waals surface area contributed by atoms with Crippen LogP contribution in [0.4, 0.5) is 0 Å². The van der Waals surface area contributed by atoms with Crippen LogP contribution >= 0.6 is 0 Å². The van der Waals surface area contributed by atoms with Crippen LogP contribution in [0.5, 0.6) is 0 Å². The number of piperidine rings is 1. The van der Waals surface area contributed by atoms with Gasteiger partial charge in [0.2, 0.25) is 0 Å². The zero-order valence-corrected chi connectivity index (χ0v) is 9.83. The van der Waals surface area contributed by atoms with Crippen molar-refractivity contribution in [2.45, 2.75) is 12.8 Å². The van der Waals surface area contributed by atoms with Crippen LogP contribution in [0.3, 0.4) is 0 Å². The molecule has 2 rings (SSSR count). The van der Waals surface area contributed by atoms with E-state index in [1.807, 2.05) is 24.3 Å². The highest BCUT2D eigenvalue weighted by atomic mass is 35.5. The Kier molecular flexibility index (Phi) is 3.05. The molecule has 1 spiro atoms. The van der Waals surface area contributed by atoms with E-state index in [0.717, 1.165) is 13.1 Å². The molecule has 0 atom stereocenters. The van der Waals surface area contributed by atoms with Gasteiger partial charge in [0.1, 0.15) is 0 Å². The largest absolute Gasteiger partial charge is 1.00 e. The van der Waals surface area contributed by atoms with Gasteiger partial charge in [0, 0.05) is 12.8 Å². The molecule has 0 unspecified atom stereocenters. The van der Waals surface area contributed by atoms with E-state index in [2.05, 4.69) is 5.32 Å². The maximum atomic E-state index is 9.19. The van der Waals surface area contributed by atoms with Gasteiger partial charge in [-0.3, -0.25) is 0 Å². The number of quaternary nitrogens is 1. The second kappa shape index (κ2) is 3.90. The predicted octanol–water partition coefficient (Wildman–Crippen LogP) is -3.59. The highest BCUT2D eigenvalue weighted by Crippen LogP contribution is 2.80. The molecule has 2 fully saturated rings. The van der Waals surface area contributed by atoms with Gasteiger partial charge < -0.3 is 17.7 Å². The molecule has 0 radical (unpaired) electrons. The Morgan fingerprint density at radius 3 is 1.41 bits per heavy atom. The fourth-order valence-electron chi connectivity index (χ4n) is 3.22. The highest BCUT2D eigenvalue weighted by Gasteiger charge is 2.91. The summed E-state index contributed by atoms with van der Waals surface area (Å²) in [6.07, 6.45) is 1.18. The fraction of sp³-hybridized carbons (Fsp3) is 0.636. The van der Waals surface area contributed by atoms with Gasteiger partial charge in [-0.15, -0.1) is 0 Å².